The molecule has 1 aliphatic rings. The molecule has 0 aliphatic carbocycles. The van der Waals surface area contributed by atoms with Gasteiger partial charge in [-0.15, -0.1) is 11.6 Å². The van der Waals surface area contributed by atoms with Crippen molar-refractivity contribution < 1.29 is 4.74 Å². The monoisotopic (exact) mass is 330 g/mol. The lowest BCUT2D eigenvalue weighted by Crippen LogP contribution is -2.11. The summed E-state index contributed by atoms with van der Waals surface area (Å²) in [5.74, 6) is 3.29. The van der Waals surface area contributed by atoms with Crippen molar-refractivity contribution in [3.63, 3.8) is 0 Å². The molecule has 1 rings (SSSR count). The molecule has 0 saturated carbocycles. The first-order valence-electron chi connectivity index (χ1n) is 9.61. The van der Waals surface area contributed by atoms with E-state index in [1.54, 1.807) is 0 Å². The van der Waals surface area contributed by atoms with E-state index >= 15 is 0 Å². The van der Waals surface area contributed by atoms with E-state index in [-0.39, 0.29) is 5.60 Å². The van der Waals surface area contributed by atoms with E-state index in [9.17, 15) is 0 Å². The molecule has 0 amide bonds. The van der Waals surface area contributed by atoms with Crippen LogP contribution in [0.25, 0.3) is 0 Å². The van der Waals surface area contributed by atoms with E-state index in [1.807, 2.05) is 0 Å². The van der Waals surface area contributed by atoms with Crippen LogP contribution in [0.4, 0.5) is 0 Å². The Morgan fingerprint density at radius 1 is 0.864 bits per heavy atom. The number of rotatable bonds is 13. The largest absolute Gasteiger partial charge is 0.365 e. The highest BCUT2D eigenvalue weighted by Crippen LogP contribution is 2.41. The summed E-state index contributed by atoms with van der Waals surface area (Å²) in [6.45, 7) is 11.7. The second kappa shape index (κ2) is 10.2. The van der Waals surface area contributed by atoms with Gasteiger partial charge in [0.2, 0.25) is 0 Å². The molecule has 0 aromatic rings. The summed E-state index contributed by atoms with van der Waals surface area (Å²) < 4.78 is 5.67. The zero-order valence-corrected chi connectivity index (χ0v) is 16.4. The smallest absolute Gasteiger partial charge is 0.101 e. The average molecular weight is 331 g/mol. The van der Waals surface area contributed by atoms with Crippen molar-refractivity contribution in [3.8, 4) is 0 Å². The molecule has 0 aromatic heterocycles. The molecule has 1 fully saturated rings. The van der Waals surface area contributed by atoms with Gasteiger partial charge in [0.25, 0.3) is 0 Å². The predicted molar refractivity (Wildman–Crippen MR) is 98.7 cm³/mol. The van der Waals surface area contributed by atoms with Crippen LogP contribution in [0.2, 0.25) is 0 Å². The molecule has 0 N–H and O–H groups in total. The Labute approximate surface area is 144 Å². The van der Waals surface area contributed by atoms with Crippen LogP contribution in [0.5, 0.6) is 0 Å². The minimum absolute atomic E-state index is 0.104. The summed E-state index contributed by atoms with van der Waals surface area (Å²) >= 11 is 5.85. The van der Waals surface area contributed by atoms with Crippen molar-refractivity contribution in [2.45, 2.75) is 104 Å². The fourth-order valence-corrected chi connectivity index (χ4v) is 3.87. The topological polar surface area (TPSA) is 12.5 Å². The Morgan fingerprint density at radius 3 is 1.82 bits per heavy atom. The van der Waals surface area contributed by atoms with Gasteiger partial charge >= 0.3 is 0 Å². The summed E-state index contributed by atoms with van der Waals surface area (Å²) in [4.78, 5) is 0. The fourth-order valence-electron chi connectivity index (χ4n) is 3.49. The van der Waals surface area contributed by atoms with Crippen molar-refractivity contribution in [2.24, 2.45) is 17.8 Å². The summed E-state index contributed by atoms with van der Waals surface area (Å²) in [5.41, 5.74) is 0.104. The van der Waals surface area contributed by atoms with Crippen molar-refractivity contribution in [3.05, 3.63) is 0 Å². The molecular formula is C20H39ClO. The zero-order valence-electron chi connectivity index (χ0n) is 15.7. The first kappa shape index (κ1) is 20.3. The Bertz CT molecular complexity index is 291. The molecule has 1 saturated heterocycles. The van der Waals surface area contributed by atoms with Crippen molar-refractivity contribution >= 4 is 11.6 Å². The maximum atomic E-state index is 5.85. The van der Waals surface area contributed by atoms with Gasteiger partial charge in [0.05, 0.1) is 11.5 Å². The van der Waals surface area contributed by atoms with Crippen LogP contribution in [0, 0.1) is 17.8 Å². The highest BCUT2D eigenvalue weighted by molar-refractivity contribution is 6.18. The van der Waals surface area contributed by atoms with Gasteiger partial charge in [-0.1, -0.05) is 79.1 Å². The Kier molecular flexibility index (Phi) is 9.40. The van der Waals surface area contributed by atoms with Crippen molar-refractivity contribution in [1.82, 2.24) is 0 Å². The lowest BCUT2D eigenvalue weighted by atomic mass is 9.91. The zero-order chi connectivity index (χ0) is 16.6. The van der Waals surface area contributed by atoms with Crippen molar-refractivity contribution in [1.29, 1.82) is 0 Å². The minimum atomic E-state index is 0.104. The fraction of sp³-hybridized carbons (Fsp3) is 1.00. The van der Waals surface area contributed by atoms with Crippen LogP contribution in [-0.2, 0) is 4.74 Å². The van der Waals surface area contributed by atoms with Crippen LogP contribution >= 0.6 is 11.6 Å². The van der Waals surface area contributed by atoms with E-state index in [0.717, 1.165) is 17.8 Å². The molecule has 2 heteroatoms. The van der Waals surface area contributed by atoms with Crippen molar-refractivity contribution in [2.75, 3.05) is 5.88 Å². The molecule has 1 aliphatic heterocycles. The van der Waals surface area contributed by atoms with Gasteiger partial charge in [-0.25, -0.2) is 0 Å². The van der Waals surface area contributed by atoms with Gasteiger partial charge in [0.1, 0.15) is 6.10 Å². The van der Waals surface area contributed by atoms with Crippen LogP contribution in [0.15, 0.2) is 0 Å². The molecule has 0 radical (unpaired) electrons. The first-order valence-corrected chi connectivity index (χ1v) is 10.1. The quantitative estimate of drug-likeness (QED) is 0.266. The molecule has 4 atom stereocenters. The number of halogens is 1. The molecule has 1 unspecified atom stereocenters. The van der Waals surface area contributed by atoms with Crippen LogP contribution in [0.1, 0.15) is 92.4 Å². The van der Waals surface area contributed by atoms with Gasteiger partial charge in [0.15, 0.2) is 0 Å². The van der Waals surface area contributed by atoms with E-state index in [0.29, 0.717) is 12.0 Å². The van der Waals surface area contributed by atoms with Crippen LogP contribution in [0.3, 0.4) is 0 Å². The number of hydrogen-bond acceptors (Lipinski definition) is 1. The maximum absolute atomic E-state index is 5.85. The molecule has 132 valence electrons. The van der Waals surface area contributed by atoms with Gasteiger partial charge < -0.3 is 4.74 Å². The van der Waals surface area contributed by atoms with Gasteiger partial charge in [-0.3, -0.25) is 0 Å². The number of hydrogen-bond donors (Lipinski definition) is 0. The van der Waals surface area contributed by atoms with E-state index < -0.39 is 0 Å². The number of alkyl halides is 1. The Morgan fingerprint density at radius 2 is 1.36 bits per heavy atom. The normalized spacial score (nSPS) is 27.1. The molecule has 1 nitrogen and oxygen atoms in total. The van der Waals surface area contributed by atoms with Gasteiger partial charge in [-0.05, 0) is 31.1 Å². The third-order valence-corrected chi connectivity index (χ3v) is 5.70. The summed E-state index contributed by atoms with van der Waals surface area (Å²) in [6.07, 6.45) is 12.6. The van der Waals surface area contributed by atoms with Crippen LogP contribution in [-0.4, -0.2) is 17.6 Å². The van der Waals surface area contributed by atoms with E-state index in [4.69, 9.17) is 16.3 Å². The molecule has 0 spiro atoms. The lowest BCUT2D eigenvalue weighted by molar-refractivity contribution is 0.286. The molecule has 0 bridgehead atoms. The molecule has 0 aromatic carbocycles. The molecular weight excluding hydrogens is 292 g/mol. The minimum Gasteiger partial charge on any atom is -0.365 e. The van der Waals surface area contributed by atoms with Gasteiger partial charge in [-0.2, -0.15) is 0 Å². The Balaban J connectivity index is 1.96. The standard InChI is InChI=1S/C20H39ClO/c1-16(2)9-6-10-17(3)11-7-12-18(4)13-8-14-20(5)19(15-21)22-20/h16-19H,6-15H2,1-5H3/t17-,18-,19?,20-/m1/s1. The lowest BCUT2D eigenvalue weighted by Gasteiger charge is -2.15. The first-order chi connectivity index (χ1) is 10.4. The molecule has 22 heavy (non-hydrogen) atoms. The van der Waals surface area contributed by atoms with Crippen LogP contribution < -0.4 is 0 Å². The number of ether oxygens (including phenoxy) is 1. The van der Waals surface area contributed by atoms with E-state index in [2.05, 4.69) is 34.6 Å². The summed E-state index contributed by atoms with van der Waals surface area (Å²) in [7, 11) is 0. The van der Waals surface area contributed by atoms with Gasteiger partial charge in [0, 0.05) is 0 Å². The third kappa shape index (κ3) is 8.20. The second-order valence-electron chi connectivity index (χ2n) is 8.43. The summed E-state index contributed by atoms with van der Waals surface area (Å²) in [5, 5.41) is 0. The predicted octanol–water partition coefficient (Wildman–Crippen LogP) is 6.82. The molecule has 1 heterocycles. The highest BCUT2D eigenvalue weighted by atomic mass is 35.5. The summed E-state index contributed by atoms with van der Waals surface area (Å²) in [6, 6.07) is 0. The Hall–Kier alpha value is 0.250. The van der Waals surface area contributed by atoms with E-state index in [1.165, 1.54) is 57.8 Å². The average Bonchev–Trinajstić information content (AvgIpc) is 3.09. The maximum Gasteiger partial charge on any atom is 0.101 e. The number of epoxide rings is 1. The highest BCUT2D eigenvalue weighted by Gasteiger charge is 2.50. The second-order valence-corrected chi connectivity index (χ2v) is 8.74. The third-order valence-electron chi connectivity index (χ3n) is 5.42. The SMILES string of the molecule is CC(C)CCC[C@@H](C)CCC[C@@H](C)CCC[C@@]1(C)OC1CCl.